The van der Waals surface area contributed by atoms with Gasteiger partial charge in [0.25, 0.3) is 0 Å². The number of sulfonamides is 1. The maximum atomic E-state index is 12.5. The van der Waals surface area contributed by atoms with Gasteiger partial charge in [0.2, 0.25) is 10.0 Å². The SMILES string of the molecule is CCC(CC)N(C)S(=O)(=O)c1cc(CO)sc1Br. The zero-order chi connectivity index (χ0) is 13.9. The Morgan fingerprint density at radius 3 is 2.39 bits per heavy atom. The Kier molecular flexibility index (Phi) is 5.79. The predicted octanol–water partition coefficient (Wildman–Crippen LogP) is 2.81. The molecule has 0 amide bonds. The Morgan fingerprint density at radius 1 is 1.44 bits per heavy atom. The molecule has 0 radical (unpaired) electrons. The molecule has 4 nitrogen and oxygen atoms in total. The summed E-state index contributed by atoms with van der Waals surface area (Å²) >= 11 is 4.50. The van der Waals surface area contributed by atoms with E-state index in [1.165, 1.54) is 21.7 Å². The van der Waals surface area contributed by atoms with E-state index in [-0.39, 0.29) is 17.5 Å². The molecule has 7 heteroatoms. The summed E-state index contributed by atoms with van der Waals surface area (Å²) in [6.07, 6.45) is 1.56. The molecule has 0 saturated carbocycles. The van der Waals surface area contributed by atoms with Crippen molar-refractivity contribution in [2.24, 2.45) is 0 Å². The van der Waals surface area contributed by atoms with E-state index in [2.05, 4.69) is 15.9 Å². The largest absolute Gasteiger partial charge is 0.391 e. The number of nitrogens with zero attached hydrogens (tertiary/aromatic N) is 1. The van der Waals surface area contributed by atoms with Gasteiger partial charge >= 0.3 is 0 Å². The van der Waals surface area contributed by atoms with Crippen LogP contribution in [0.2, 0.25) is 0 Å². The molecule has 0 spiro atoms. The minimum Gasteiger partial charge on any atom is -0.391 e. The van der Waals surface area contributed by atoms with E-state index in [1.807, 2.05) is 13.8 Å². The highest BCUT2D eigenvalue weighted by molar-refractivity contribution is 9.11. The normalized spacial score (nSPS) is 12.6. The van der Waals surface area contributed by atoms with E-state index in [9.17, 15) is 8.42 Å². The second-order valence-electron chi connectivity index (χ2n) is 4.00. The Bertz CT molecular complexity index is 494. The molecular formula is C11H18BrNO3S2. The number of rotatable bonds is 6. The summed E-state index contributed by atoms with van der Waals surface area (Å²) in [4.78, 5) is 0.879. The number of halogens is 1. The fraction of sp³-hybridized carbons (Fsp3) is 0.636. The standard InChI is InChI=1S/C11H18BrNO3S2/c1-4-8(5-2)13(3)18(15,16)10-6-9(7-14)17-11(10)12/h6,8,14H,4-5,7H2,1-3H3. The second-order valence-corrected chi connectivity index (χ2v) is 8.42. The lowest BCUT2D eigenvalue weighted by atomic mass is 10.2. The van der Waals surface area contributed by atoms with Crippen LogP contribution in [0.25, 0.3) is 0 Å². The van der Waals surface area contributed by atoms with Crippen LogP contribution in [-0.2, 0) is 16.6 Å². The molecule has 0 aromatic carbocycles. The highest BCUT2D eigenvalue weighted by atomic mass is 79.9. The van der Waals surface area contributed by atoms with E-state index >= 15 is 0 Å². The predicted molar refractivity (Wildman–Crippen MR) is 77.3 cm³/mol. The van der Waals surface area contributed by atoms with Crippen LogP contribution >= 0.6 is 27.3 Å². The van der Waals surface area contributed by atoms with Crippen LogP contribution < -0.4 is 0 Å². The van der Waals surface area contributed by atoms with Crippen molar-refractivity contribution < 1.29 is 13.5 Å². The van der Waals surface area contributed by atoms with Crippen molar-refractivity contribution in [1.29, 1.82) is 0 Å². The van der Waals surface area contributed by atoms with E-state index in [1.54, 1.807) is 7.05 Å². The van der Waals surface area contributed by atoms with Crippen molar-refractivity contribution in [3.05, 3.63) is 14.7 Å². The molecule has 1 rings (SSSR count). The molecule has 18 heavy (non-hydrogen) atoms. The van der Waals surface area contributed by atoms with Crippen LogP contribution in [0.3, 0.4) is 0 Å². The van der Waals surface area contributed by atoms with Crippen molar-refractivity contribution in [1.82, 2.24) is 4.31 Å². The summed E-state index contributed by atoms with van der Waals surface area (Å²) in [6.45, 7) is 3.80. The Labute approximate surface area is 121 Å². The molecule has 0 bridgehead atoms. The third kappa shape index (κ3) is 3.14. The van der Waals surface area contributed by atoms with Crippen molar-refractivity contribution >= 4 is 37.3 Å². The first kappa shape index (κ1) is 16.1. The molecule has 1 aromatic rings. The van der Waals surface area contributed by atoms with Crippen LogP contribution in [0.5, 0.6) is 0 Å². The molecule has 104 valence electrons. The van der Waals surface area contributed by atoms with E-state index in [4.69, 9.17) is 5.11 Å². The van der Waals surface area contributed by atoms with Crippen molar-refractivity contribution in [3.8, 4) is 0 Å². The fourth-order valence-electron chi connectivity index (χ4n) is 1.81. The van der Waals surface area contributed by atoms with E-state index in [0.29, 0.717) is 8.66 Å². The topological polar surface area (TPSA) is 57.6 Å². The molecule has 0 aliphatic rings. The lowest BCUT2D eigenvalue weighted by Crippen LogP contribution is -2.36. The summed E-state index contributed by atoms with van der Waals surface area (Å²) < 4.78 is 26.9. The van der Waals surface area contributed by atoms with E-state index < -0.39 is 10.0 Å². The third-order valence-corrected chi connectivity index (χ3v) is 7.12. The molecule has 0 fully saturated rings. The maximum Gasteiger partial charge on any atom is 0.245 e. The highest BCUT2D eigenvalue weighted by Gasteiger charge is 2.29. The average molecular weight is 356 g/mol. The number of aliphatic hydroxyl groups is 1. The first-order valence-electron chi connectivity index (χ1n) is 5.75. The van der Waals surface area contributed by atoms with E-state index in [0.717, 1.165) is 12.8 Å². The smallest absolute Gasteiger partial charge is 0.245 e. The number of hydrogen-bond donors (Lipinski definition) is 1. The van der Waals surface area contributed by atoms with Gasteiger partial charge in [-0.1, -0.05) is 13.8 Å². The Balaban J connectivity index is 3.16. The van der Waals surface area contributed by atoms with Gasteiger partial charge in [-0.25, -0.2) is 8.42 Å². The quantitative estimate of drug-likeness (QED) is 0.853. The monoisotopic (exact) mass is 355 g/mol. The van der Waals surface area contributed by atoms with Gasteiger partial charge in [0.1, 0.15) is 4.90 Å². The summed E-state index contributed by atoms with van der Waals surface area (Å²) in [5.41, 5.74) is 0. The van der Waals surface area contributed by atoms with Crippen LogP contribution in [0.1, 0.15) is 31.6 Å². The summed E-state index contributed by atoms with van der Waals surface area (Å²) in [7, 11) is -1.89. The summed E-state index contributed by atoms with van der Waals surface area (Å²) in [5, 5.41) is 9.06. The molecule has 0 saturated heterocycles. The molecule has 0 aliphatic heterocycles. The van der Waals surface area contributed by atoms with Gasteiger partial charge in [-0.05, 0) is 34.8 Å². The first-order chi connectivity index (χ1) is 8.38. The van der Waals surface area contributed by atoms with Gasteiger partial charge in [-0.15, -0.1) is 11.3 Å². The van der Waals surface area contributed by atoms with Gasteiger partial charge in [0.15, 0.2) is 0 Å². The van der Waals surface area contributed by atoms with Gasteiger partial charge in [0, 0.05) is 18.0 Å². The van der Waals surface area contributed by atoms with Crippen LogP contribution in [0, 0.1) is 0 Å². The average Bonchev–Trinajstić information content (AvgIpc) is 2.72. The van der Waals surface area contributed by atoms with Crippen molar-refractivity contribution in [2.45, 2.75) is 44.2 Å². The van der Waals surface area contributed by atoms with Crippen LogP contribution in [-0.4, -0.2) is 30.9 Å². The molecule has 0 atom stereocenters. The summed E-state index contributed by atoms with van der Waals surface area (Å²) in [6, 6.07) is 1.53. The molecule has 1 heterocycles. The molecule has 1 aromatic heterocycles. The minimum atomic E-state index is -3.50. The lowest BCUT2D eigenvalue weighted by molar-refractivity contribution is 0.285. The number of thiophene rings is 1. The molecule has 1 N–H and O–H groups in total. The Hall–Kier alpha value is 0.0500. The summed E-state index contributed by atoms with van der Waals surface area (Å²) in [5.74, 6) is 0. The fourth-order valence-corrected chi connectivity index (χ4v) is 5.80. The van der Waals surface area contributed by atoms with Crippen LogP contribution in [0.15, 0.2) is 14.7 Å². The van der Waals surface area contributed by atoms with Gasteiger partial charge in [-0.2, -0.15) is 4.31 Å². The maximum absolute atomic E-state index is 12.5. The Morgan fingerprint density at radius 2 is 2.00 bits per heavy atom. The molecular weight excluding hydrogens is 338 g/mol. The number of hydrogen-bond acceptors (Lipinski definition) is 4. The second kappa shape index (κ2) is 6.47. The van der Waals surface area contributed by atoms with Crippen LogP contribution in [0.4, 0.5) is 0 Å². The van der Waals surface area contributed by atoms with Gasteiger partial charge in [-0.3, -0.25) is 0 Å². The van der Waals surface area contributed by atoms with Crippen molar-refractivity contribution in [2.75, 3.05) is 7.05 Å². The van der Waals surface area contributed by atoms with Crippen molar-refractivity contribution in [3.63, 3.8) is 0 Å². The first-order valence-corrected chi connectivity index (χ1v) is 8.80. The molecule has 0 unspecified atom stereocenters. The highest BCUT2D eigenvalue weighted by Crippen LogP contribution is 2.34. The van der Waals surface area contributed by atoms with Gasteiger partial charge in [0.05, 0.1) is 10.4 Å². The molecule has 0 aliphatic carbocycles. The zero-order valence-electron chi connectivity index (χ0n) is 10.7. The lowest BCUT2D eigenvalue weighted by Gasteiger charge is -2.25. The number of aliphatic hydroxyl groups excluding tert-OH is 1. The minimum absolute atomic E-state index is 0.000577. The zero-order valence-corrected chi connectivity index (χ0v) is 13.9. The van der Waals surface area contributed by atoms with Gasteiger partial charge < -0.3 is 5.11 Å². The third-order valence-electron chi connectivity index (χ3n) is 2.98.